The Bertz CT molecular complexity index is 886. The van der Waals surface area contributed by atoms with E-state index in [9.17, 15) is 19.7 Å². The summed E-state index contributed by atoms with van der Waals surface area (Å²) in [6, 6.07) is 11.0. The molecule has 2 aromatic rings. The second-order valence-corrected chi connectivity index (χ2v) is 5.61. The van der Waals surface area contributed by atoms with Crippen LogP contribution in [0, 0.1) is 10.1 Å². The van der Waals surface area contributed by atoms with E-state index in [2.05, 4.69) is 5.10 Å². The maximum atomic E-state index is 12.2. The van der Waals surface area contributed by atoms with Crippen LogP contribution >= 0.6 is 0 Å². The number of carbonyl (C=O) groups is 2. The smallest absolute Gasteiger partial charge is 0.293 e. The van der Waals surface area contributed by atoms with Gasteiger partial charge in [0.25, 0.3) is 17.5 Å². The van der Waals surface area contributed by atoms with Gasteiger partial charge in [-0.3, -0.25) is 19.7 Å². The predicted octanol–water partition coefficient (Wildman–Crippen LogP) is 2.29. The van der Waals surface area contributed by atoms with Crippen molar-refractivity contribution in [3.8, 4) is 0 Å². The Morgan fingerprint density at radius 1 is 1.08 bits per heavy atom. The molecule has 0 N–H and O–H groups in total. The third-order valence-corrected chi connectivity index (χ3v) is 3.77. The lowest BCUT2D eigenvalue weighted by atomic mass is 10.1. The summed E-state index contributed by atoms with van der Waals surface area (Å²) in [6.45, 7) is 0. The van der Waals surface area contributed by atoms with Gasteiger partial charge in [-0.05, 0) is 18.2 Å². The van der Waals surface area contributed by atoms with Gasteiger partial charge in [-0.2, -0.15) is 10.1 Å². The molecule has 2 amide bonds. The second-order valence-electron chi connectivity index (χ2n) is 5.61. The Hall–Kier alpha value is -3.55. The SMILES string of the molecule is CN(C)c1ccc(/C=N\N2C(=O)c3ccccc3C2=O)cc1[N+](=O)[O-]. The van der Waals surface area contributed by atoms with Gasteiger partial charge in [0.2, 0.25) is 0 Å². The molecular weight excluding hydrogens is 324 g/mol. The highest BCUT2D eigenvalue weighted by atomic mass is 16.6. The first-order valence-electron chi connectivity index (χ1n) is 7.37. The zero-order chi connectivity index (χ0) is 18.1. The highest BCUT2D eigenvalue weighted by Gasteiger charge is 2.35. The van der Waals surface area contributed by atoms with Crippen molar-refractivity contribution in [2.45, 2.75) is 0 Å². The zero-order valence-corrected chi connectivity index (χ0v) is 13.5. The number of benzene rings is 2. The minimum atomic E-state index is -0.517. The van der Waals surface area contributed by atoms with Gasteiger partial charge in [0.15, 0.2) is 0 Å². The van der Waals surface area contributed by atoms with Crippen LogP contribution in [0.4, 0.5) is 11.4 Å². The van der Waals surface area contributed by atoms with Gasteiger partial charge in [-0.1, -0.05) is 18.2 Å². The topological polar surface area (TPSA) is 96.1 Å². The first kappa shape index (κ1) is 16.3. The van der Waals surface area contributed by atoms with Crippen molar-refractivity contribution in [1.29, 1.82) is 0 Å². The summed E-state index contributed by atoms with van der Waals surface area (Å²) in [7, 11) is 3.41. The average molecular weight is 338 g/mol. The Balaban J connectivity index is 1.91. The summed E-state index contributed by atoms with van der Waals surface area (Å²) in [5.74, 6) is -1.03. The second kappa shape index (κ2) is 6.16. The molecule has 0 bridgehead atoms. The fourth-order valence-corrected chi connectivity index (χ4v) is 2.55. The van der Waals surface area contributed by atoms with E-state index in [0.717, 1.165) is 5.01 Å². The molecule has 1 aliphatic heterocycles. The van der Waals surface area contributed by atoms with Crippen LogP contribution in [-0.4, -0.2) is 42.1 Å². The van der Waals surface area contributed by atoms with E-state index < -0.39 is 16.7 Å². The first-order valence-corrected chi connectivity index (χ1v) is 7.37. The number of hydrazone groups is 1. The lowest BCUT2D eigenvalue weighted by Crippen LogP contribution is -2.24. The summed E-state index contributed by atoms with van der Waals surface area (Å²) in [4.78, 5) is 36.8. The number of rotatable bonds is 4. The third-order valence-electron chi connectivity index (χ3n) is 3.77. The molecule has 8 heteroatoms. The van der Waals surface area contributed by atoms with Crippen LogP contribution in [0.25, 0.3) is 0 Å². The molecule has 0 radical (unpaired) electrons. The van der Waals surface area contributed by atoms with Crippen LogP contribution in [0.15, 0.2) is 47.6 Å². The van der Waals surface area contributed by atoms with Crippen molar-refractivity contribution in [1.82, 2.24) is 5.01 Å². The monoisotopic (exact) mass is 338 g/mol. The van der Waals surface area contributed by atoms with Gasteiger partial charge in [0.1, 0.15) is 5.69 Å². The van der Waals surface area contributed by atoms with Gasteiger partial charge in [0.05, 0.1) is 22.3 Å². The molecule has 3 rings (SSSR count). The number of anilines is 1. The molecule has 1 heterocycles. The highest BCUT2D eigenvalue weighted by molar-refractivity contribution is 6.21. The summed E-state index contributed by atoms with van der Waals surface area (Å²) in [5.41, 5.74) is 1.35. The largest absolute Gasteiger partial charge is 0.372 e. The molecule has 0 aromatic heterocycles. The number of imide groups is 1. The predicted molar refractivity (Wildman–Crippen MR) is 92.0 cm³/mol. The number of hydrogen-bond acceptors (Lipinski definition) is 6. The first-order chi connectivity index (χ1) is 11.9. The molecule has 0 spiro atoms. The minimum absolute atomic E-state index is 0.0867. The van der Waals surface area contributed by atoms with E-state index in [-0.39, 0.29) is 5.69 Å². The summed E-state index contributed by atoms with van der Waals surface area (Å²) in [5, 5.41) is 15.9. The fourth-order valence-electron chi connectivity index (χ4n) is 2.55. The molecule has 1 aliphatic rings. The Kier molecular flexibility index (Phi) is 4.02. The number of nitro benzene ring substituents is 1. The van der Waals surface area contributed by atoms with E-state index in [0.29, 0.717) is 22.4 Å². The lowest BCUT2D eigenvalue weighted by molar-refractivity contribution is -0.384. The van der Waals surface area contributed by atoms with E-state index in [1.54, 1.807) is 55.4 Å². The number of amides is 2. The van der Waals surface area contributed by atoms with Crippen LogP contribution in [0.2, 0.25) is 0 Å². The van der Waals surface area contributed by atoms with Crippen molar-refractivity contribution in [2.75, 3.05) is 19.0 Å². The maximum absolute atomic E-state index is 12.2. The Labute approximate surface area is 143 Å². The standard InChI is InChI=1S/C17H14N4O4/c1-19(2)14-8-7-11(9-15(14)21(24)25)10-18-20-16(22)12-5-3-4-6-13(12)17(20)23/h3-10H,1-2H3/b18-10-. The van der Waals surface area contributed by atoms with E-state index >= 15 is 0 Å². The molecule has 0 aliphatic carbocycles. The summed E-state index contributed by atoms with van der Waals surface area (Å²) < 4.78 is 0. The number of nitro groups is 1. The lowest BCUT2D eigenvalue weighted by Gasteiger charge is -2.12. The van der Waals surface area contributed by atoms with Gasteiger partial charge in [-0.15, -0.1) is 0 Å². The van der Waals surface area contributed by atoms with E-state index in [1.807, 2.05) is 0 Å². The molecular formula is C17H14N4O4. The number of hydrogen-bond donors (Lipinski definition) is 0. The maximum Gasteiger partial charge on any atom is 0.293 e. The molecule has 0 unspecified atom stereocenters. The quantitative estimate of drug-likeness (QED) is 0.369. The summed E-state index contributed by atoms with van der Waals surface area (Å²) >= 11 is 0. The molecule has 0 saturated heterocycles. The minimum Gasteiger partial charge on any atom is -0.372 e. The van der Waals surface area contributed by atoms with Crippen LogP contribution in [0.3, 0.4) is 0 Å². The Morgan fingerprint density at radius 3 is 2.20 bits per heavy atom. The van der Waals surface area contributed by atoms with Crippen molar-refractivity contribution in [2.24, 2.45) is 5.10 Å². The fraction of sp³-hybridized carbons (Fsp3) is 0.118. The number of carbonyl (C=O) groups excluding carboxylic acids is 2. The zero-order valence-electron chi connectivity index (χ0n) is 13.5. The molecule has 0 saturated carbocycles. The van der Waals surface area contributed by atoms with Crippen molar-refractivity contribution in [3.05, 3.63) is 69.3 Å². The third kappa shape index (κ3) is 2.85. The number of fused-ring (bicyclic) bond motifs is 1. The van der Waals surface area contributed by atoms with E-state index in [4.69, 9.17) is 0 Å². The van der Waals surface area contributed by atoms with Crippen LogP contribution in [-0.2, 0) is 0 Å². The van der Waals surface area contributed by atoms with Gasteiger partial charge < -0.3 is 4.90 Å². The normalized spacial score (nSPS) is 13.4. The molecule has 126 valence electrons. The van der Waals surface area contributed by atoms with E-state index in [1.165, 1.54) is 12.3 Å². The van der Waals surface area contributed by atoms with Crippen LogP contribution in [0.5, 0.6) is 0 Å². The van der Waals surface area contributed by atoms with Crippen molar-refractivity contribution >= 4 is 29.4 Å². The molecule has 0 atom stereocenters. The average Bonchev–Trinajstić information content (AvgIpc) is 2.84. The molecule has 0 fully saturated rings. The molecule has 25 heavy (non-hydrogen) atoms. The van der Waals surface area contributed by atoms with Crippen LogP contribution in [0.1, 0.15) is 26.3 Å². The molecule has 8 nitrogen and oxygen atoms in total. The van der Waals surface area contributed by atoms with Gasteiger partial charge in [-0.25, -0.2) is 0 Å². The Morgan fingerprint density at radius 2 is 1.68 bits per heavy atom. The highest BCUT2D eigenvalue weighted by Crippen LogP contribution is 2.27. The van der Waals surface area contributed by atoms with Crippen molar-refractivity contribution < 1.29 is 14.5 Å². The van der Waals surface area contributed by atoms with Crippen LogP contribution < -0.4 is 4.90 Å². The summed E-state index contributed by atoms with van der Waals surface area (Å²) in [6.07, 6.45) is 1.26. The van der Waals surface area contributed by atoms with Gasteiger partial charge >= 0.3 is 0 Å². The van der Waals surface area contributed by atoms with Crippen molar-refractivity contribution in [3.63, 3.8) is 0 Å². The van der Waals surface area contributed by atoms with Gasteiger partial charge in [0, 0.05) is 25.7 Å². The number of nitrogens with zero attached hydrogens (tertiary/aromatic N) is 4. The molecule has 2 aromatic carbocycles.